The Balaban J connectivity index is 0.000000222. The molecule has 0 amide bonds. The molecule has 0 fully saturated rings. The Bertz CT molecular complexity index is 84.0. The molecule has 44 valence electrons. The minimum absolute atomic E-state index is 1.47. The molecule has 0 radical (unpaired) electrons. The summed E-state index contributed by atoms with van der Waals surface area (Å²) in [5.74, 6) is 0. The molecule has 1 rings (SSSR count). The minimum atomic E-state index is 1.47. The first-order valence-electron chi connectivity index (χ1n) is 1.65. The lowest BCUT2D eigenvalue weighted by Crippen LogP contribution is -1.84. The van der Waals surface area contributed by atoms with Crippen LogP contribution in [0.4, 0.5) is 0 Å². The van der Waals surface area contributed by atoms with Crippen LogP contribution < -0.4 is 0 Å². The molecule has 8 heavy (non-hydrogen) atoms. The molecule has 1 aromatic rings. The Morgan fingerprint density at radius 3 is 1.38 bits per heavy atom. The quantitative estimate of drug-likeness (QED) is 0.343. The van der Waals surface area contributed by atoms with E-state index in [9.17, 15) is 0 Å². The van der Waals surface area contributed by atoms with E-state index < -0.39 is 0 Å². The van der Waals surface area contributed by atoms with Crippen LogP contribution in [-0.4, -0.2) is 31.1 Å². The van der Waals surface area contributed by atoms with E-state index in [0.29, 0.717) is 0 Å². The number of rotatable bonds is 0. The lowest BCUT2D eigenvalue weighted by Gasteiger charge is -1.67. The van der Waals surface area contributed by atoms with Crippen LogP contribution in [0.5, 0.6) is 0 Å². The second kappa shape index (κ2) is 5.86. The molecule has 1 heterocycles. The van der Waals surface area contributed by atoms with Crippen molar-refractivity contribution < 1.29 is 10.5 Å². The second-order valence-electron chi connectivity index (χ2n) is 0.708. The van der Waals surface area contributed by atoms with Crippen LogP contribution in [0.25, 0.3) is 0 Å². The maximum absolute atomic E-state index is 6.00. The molecule has 0 bridgehead atoms. The van der Waals surface area contributed by atoms with E-state index in [-0.39, 0.29) is 0 Å². The molecule has 0 saturated heterocycles. The first-order chi connectivity index (χ1) is 4.00. The lowest BCUT2D eigenvalue weighted by molar-refractivity contribution is -0.176. The molecule has 1 aromatic heterocycles. The summed E-state index contributed by atoms with van der Waals surface area (Å²) in [4.78, 5) is 0. The topological polar surface area (TPSA) is 92.0 Å². The normalized spacial score (nSPS) is 6.75. The van der Waals surface area contributed by atoms with Crippen LogP contribution >= 0.6 is 0 Å². The highest BCUT2D eigenvalue weighted by atomic mass is 17.0. The number of aromatic nitrogens is 4. The molecule has 0 aromatic carbocycles. The average Bonchev–Trinajstić information content (AvgIpc) is 1.96. The summed E-state index contributed by atoms with van der Waals surface area (Å²) in [7, 11) is 0. The summed E-state index contributed by atoms with van der Waals surface area (Å²) < 4.78 is 0. The minimum Gasteiger partial charge on any atom is -0.255 e. The molecule has 0 saturated carbocycles. The van der Waals surface area contributed by atoms with Gasteiger partial charge in [-0.15, -0.1) is 10.2 Å². The standard InChI is InChI=1S/C2H2N4.H2O2/c1-2-4-6-5-3-1;1-2/h1-2H;1-2H. The Morgan fingerprint density at radius 1 is 0.875 bits per heavy atom. The summed E-state index contributed by atoms with van der Waals surface area (Å²) in [6.45, 7) is 0. The van der Waals surface area contributed by atoms with Crippen molar-refractivity contribution in [2.45, 2.75) is 0 Å². The molecule has 2 N–H and O–H groups in total. The van der Waals surface area contributed by atoms with Gasteiger partial charge in [0.25, 0.3) is 0 Å². The molecular weight excluding hydrogens is 112 g/mol. The highest BCUT2D eigenvalue weighted by molar-refractivity contribution is 4.52. The number of nitrogens with zero attached hydrogens (tertiary/aromatic N) is 4. The van der Waals surface area contributed by atoms with Gasteiger partial charge in [-0.1, -0.05) is 0 Å². The smallest absolute Gasteiger partial charge is 0.0716 e. The first kappa shape index (κ1) is 6.86. The van der Waals surface area contributed by atoms with Gasteiger partial charge in [-0.3, -0.25) is 10.5 Å². The number of hydrogen-bond acceptors (Lipinski definition) is 6. The van der Waals surface area contributed by atoms with Crippen molar-refractivity contribution in [3.63, 3.8) is 0 Å². The average molecular weight is 116 g/mol. The zero-order valence-corrected chi connectivity index (χ0v) is 3.84. The summed E-state index contributed by atoms with van der Waals surface area (Å²) in [5, 5.41) is 25.1. The molecule has 0 aliphatic carbocycles. The predicted molar refractivity (Wildman–Crippen MR) is 22.9 cm³/mol. The van der Waals surface area contributed by atoms with E-state index in [1.54, 1.807) is 0 Å². The van der Waals surface area contributed by atoms with Crippen LogP contribution in [0.2, 0.25) is 0 Å². The van der Waals surface area contributed by atoms with Gasteiger partial charge in [0.2, 0.25) is 0 Å². The van der Waals surface area contributed by atoms with Crippen molar-refractivity contribution in [2.75, 3.05) is 0 Å². The molecular formula is C2H4N4O2. The lowest BCUT2D eigenvalue weighted by atomic mass is 11.0. The van der Waals surface area contributed by atoms with Gasteiger partial charge in [-0.2, -0.15) is 0 Å². The Hall–Kier alpha value is -1.14. The van der Waals surface area contributed by atoms with Gasteiger partial charge in [-0.05, 0) is 10.4 Å². The monoisotopic (exact) mass is 116 g/mol. The van der Waals surface area contributed by atoms with Crippen LogP contribution in [0.1, 0.15) is 0 Å². The van der Waals surface area contributed by atoms with Gasteiger partial charge in [0.1, 0.15) is 0 Å². The van der Waals surface area contributed by atoms with Gasteiger partial charge in [0.05, 0.1) is 12.4 Å². The fourth-order valence-electron chi connectivity index (χ4n) is 0.165. The highest BCUT2D eigenvalue weighted by Gasteiger charge is 1.61. The van der Waals surface area contributed by atoms with Crippen LogP contribution in [0.15, 0.2) is 12.4 Å². The zero-order chi connectivity index (χ0) is 6.24. The maximum Gasteiger partial charge on any atom is 0.0716 e. The SMILES string of the molecule is OO.c1cnnnn1. The summed E-state index contributed by atoms with van der Waals surface area (Å²) in [6.07, 6.45) is 2.93. The van der Waals surface area contributed by atoms with E-state index in [4.69, 9.17) is 10.5 Å². The van der Waals surface area contributed by atoms with Crippen LogP contribution in [0, 0.1) is 0 Å². The van der Waals surface area contributed by atoms with Gasteiger partial charge < -0.3 is 0 Å². The predicted octanol–water partition coefficient (Wildman–Crippen LogP) is -0.716. The van der Waals surface area contributed by atoms with E-state index >= 15 is 0 Å². The van der Waals surface area contributed by atoms with Gasteiger partial charge >= 0.3 is 0 Å². The van der Waals surface area contributed by atoms with Crippen LogP contribution in [0.3, 0.4) is 0 Å². The highest BCUT2D eigenvalue weighted by Crippen LogP contribution is 1.53. The van der Waals surface area contributed by atoms with Crippen LogP contribution in [-0.2, 0) is 0 Å². The van der Waals surface area contributed by atoms with Gasteiger partial charge in [0, 0.05) is 0 Å². The Kier molecular flexibility index (Phi) is 5.02. The zero-order valence-electron chi connectivity index (χ0n) is 3.84. The molecule has 0 atom stereocenters. The van der Waals surface area contributed by atoms with E-state index in [2.05, 4.69) is 20.6 Å². The molecule has 0 aliphatic rings. The maximum atomic E-state index is 6.00. The van der Waals surface area contributed by atoms with Crippen molar-refractivity contribution in [3.05, 3.63) is 12.4 Å². The van der Waals surface area contributed by atoms with Crippen molar-refractivity contribution in [1.82, 2.24) is 20.6 Å². The largest absolute Gasteiger partial charge is 0.255 e. The summed E-state index contributed by atoms with van der Waals surface area (Å²) in [5.41, 5.74) is 0. The van der Waals surface area contributed by atoms with Crippen molar-refractivity contribution in [3.8, 4) is 0 Å². The van der Waals surface area contributed by atoms with E-state index in [1.165, 1.54) is 12.4 Å². The Labute approximate surface area is 44.7 Å². The fraction of sp³-hybridized carbons (Fsp3) is 0. The van der Waals surface area contributed by atoms with Gasteiger partial charge in [0.15, 0.2) is 0 Å². The molecule has 0 unspecified atom stereocenters. The van der Waals surface area contributed by atoms with Crippen molar-refractivity contribution in [1.29, 1.82) is 0 Å². The summed E-state index contributed by atoms with van der Waals surface area (Å²) >= 11 is 0. The molecule has 6 heteroatoms. The van der Waals surface area contributed by atoms with E-state index in [1.807, 2.05) is 0 Å². The second-order valence-corrected chi connectivity index (χ2v) is 0.708. The Morgan fingerprint density at radius 2 is 1.25 bits per heavy atom. The first-order valence-corrected chi connectivity index (χ1v) is 1.65. The third-order valence-electron chi connectivity index (χ3n) is 0.343. The third-order valence-corrected chi connectivity index (χ3v) is 0.343. The molecule has 6 nitrogen and oxygen atoms in total. The molecule has 0 aliphatic heterocycles. The molecule has 0 spiro atoms. The van der Waals surface area contributed by atoms with Gasteiger partial charge in [-0.25, -0.2) is 0 Å². The van der Waals surface area contributed by atoms with Crippen molar-refractivity contribution >= 4 is 0 Å². The number of hydrogen-bond donors (Lipinski definition) is 2. The van der Waals surface area contributed by atoms with Crippen molar-refractivity contribution in [2.24, 2.45) is 0 Å². The summed E-state index contributed by atoms with van der Waals surface area (Å²) in [6, 6.07) is 0. The third kappa shape index (κ3) is 3.07. The fourth-order valence-corrected chi connectivity index (χ4v) is 0.165. The van der Waals surface area contributed by atoms with E-state index in [0.717, 1.165) is 0 Å².